The van der Waals surface area contributed by atoms with Crippen molar-refractivity contribution in [2.24, 2.45) is 5.73 Å². The van der Waals surface area contributed by atoms with E-state index in [1.165, 1.54) is 25.3 Å². The van der Waals surface area contributed by atoms with E-state index in [4.69, 9.17) is 27.4 Å². The van der Waals surface area contributed by atoms with Crippen molar-refractivity contribution in [1.29, 1.82) is 0 Å². The summed E-state index contributed by atoms with van der Waals surface area (Å²) in [5, 5.41) is 3.35. The molecule has 0 aliphatic heterocycles. The van der Waals surface area contributed by atoms with E-state index in [1.54, 1.807) is 0 Å². The Morgan fingerprint density at radius 2 is 1.96 bits per heavy atom. The van der Waals surface area contributed by atoms with Gasteiger partial charge in [0.1, 0.15) is 0 Å². The van der Waals surface area contributed by atoms with E-state index in [0.717, 1.165) is 25.8 Å². The van der Waals surface area contributed by atoms with Crippen molar-refractivity contribution < 1.29 is 19.1 Å². The number of hydrogen-bond acceptors (Lipinski definition) is 5. The SMILES string of the molecule is CCCCCNC(=S)NNC(=O)c1ccc(OCC(N)=O)c(OC)c1. The third-order valence-corrected chi connectivity index (χ3v) is 3.40. The average molecular weight is 368 g/mol. The fraction of sp³-hybridized carbons (Fsp3) is 0.438. The van der Waals surface area contributed by atoms with E-state index in [2.05, 4.69) is 23.1 Å². The molecule has 1 rings (SSSR count). The van der Waals surface area contributed by atoms with Crippen LogP contribution in [0.25, 0.3) is 0 Å². The molecular formula is C16H24N4O4S. The summed E-state index contributed by atoms with van der Waals surface area (Å²) in [6.07, 6.45) is 3.25. The van der Waals surface area contributed by atoms with E-state index in [1.807, 2.05) is 0 Å². The molecule has 0 bridgehead atoms. The highest BCUT2D eigenvalue weighted by atomic mass is 32.1. The zero-order valence-electron chi connectivity index (χ0n) is 14.4. The van der Waals surface area contributed by atoms with Crippen LogP contribution in [0.5, 0.6) is 11.5 Å². The normalized spacial score (nSPS) is 9.84. The van der Waals surface area contributed by atoms with Gasteiger partial charge in [0.25, 0.3) is 11.8 Å². The molecular weight excluding hydrogens is 344 g/mol. The summed E-state index contributed by atoms with van der Waals surface area (Å²) in [7, 11) is 1.43. The van der Waals surface area contributed by atoms with Gasteiger partial charge in [0.2, 0.25) is 0 Å². The minimum atomic E-state index is -0.604. The second kappa shape index (κ2) is 11.1. The van der Waals surface area contributed by atoms with Gasteiger partial charge in [-0.05, 0) is 36.8 Å². The summed E-state index contributed by atoms with van der Waals surface area (Å²) in [6.45, 7) is 2.59. The third-order valence-electron chi connectivity index (χ3n) is 3.15. The van der Waals surface area contributed by atoms with Gasteiger partial charge in [-0.1, -0.05) is 19.8 Å². The van der Waals surface area contributed by atoms with Gasteiger partial charge >= 0.3 is 0 Å². The summed E-state index contributed by atoms with van der Waals surface area (Å²) in [5.74, 6) is -0.362. The predicted octanol–water partition coefficient (Wildman–Crippen LogP) is 0.858. The highest BCUT2D eigenvalue weighted by molar-refractivity contribution is 7.80. The first kappa shape index (κ1) is 20.5. The molecule has 0 saturated carbocycles. The van der Waals surface area contributed by atoms with Gasteiger partial charge in [-0.15, -0.1) is 0 Å². The minimum absolute atomic E-state index is 0.276. The van der Waals surface area contributed by atoms with Crippen LogP contribution in [0.15, 0.2) is 18.2 Å². The number of primary amides is 1. The van der Waals surface area contributed by atoms with Crippen LogP contribution in [0.1, 0.15) is 36.5 Å². The largest absolute Gasteiger partial charge is 0.493 e. The fourth-order valence-electron chi connectivity index (χ4n) is 1.88. The van der Waals surface area contributed by atoms with E-state index < -0.39 is 11.8 Å². The molecule has 25 heavy (non-hydrogen) atoms. The van der Waals surface area contributed by atoms with Gasteiger partial charge in [-0.3, -0.25) is 20.4 Å². The molecule has 0 radical (unpaired) electrons. The molecule has 0 unspecified atom stereocenters. The molecule has 0 aliphatic rings. The van der Waals surface area contributed by atoms with Crippen LogP contribution < -0.4 is 31.4 Å². The van der Waals surface area contributed by atoms with Crippen molar-refractivity contribution in [3.05, 3.63) is 23.8 Å². The first-order valence-corrected chi connectivity index (χ1v) is 8.32. The van der Waals surface area contributed by atoms with Crippen molar-refractivity contribution in [3.63, 3.8) is 0 Å². The van der Waals surface area contributed by atoms with Crippen LogP contribution in [0, 0.1) is 0 Å². The molecule has 0 saturated heterocycles. The van der Waals surface area contributed by atoms with Crippen molar-refractivity contribution >= 4 is 29.1 Å². The number of unbranched alkanes of at least 4 members (excludes halogenated alkanes) is 2. The maximum Gasteiger partial charge on any atom is 0.269 e. The van der Waals surface area contributed by atoms with Crippen molar-refractivity contribution in [3.8, 4) is 11.5 Å². The zero-order valence-corrected chi connectivity index (χ0v) is 15.2. The van der Waals surface area contributed by atoms with Gasteiger partial charge in [-0.25, -0.2) is 0 Å². The average Bonchev–Trinajstić information content (AvgIpc) is 2.61. The molecule has 1 aromatic carbocycles. The van der Waals surface area contributed by atoms with Crippen LogP contribution in [-0.4, -0.2) is 37.2 Å². The Bertz CT molecular complexity index is 610. The molecule has 1 aromatic rings. The number of amides is 2. The molecule has 0 heterocycles. The Hall–Kier alpha value is -2.55. The quantitative estimate of drug-likeness (QED) is 0.290. The molecule has 0 aliphatic carbocycles. The molecule has 0 spiro atoms. The van der Waals surface area contributed by atoms with E-state index in [0.29, 0.717) is 22.2 Å². The third kappa shape index (κ3) is 7.71. The maximum atomic E-state index is 12.1. The van der Waals surface area contributed by atoms with Crippen molar-refractivity contribution in [1.82, 2.24) is 16.2 Å². The molecule has 9 heteroatoms. The number of methoxy groups -OCH3 is 1. The minimum Gasteiger partial charge on any atom is -0.493 e. The lowest BCUT2D eigenvalue weighted by atomic mass is 10.2. The Balaban J connectivity index is 2.54. The Morgan fingerprint density at radius 3 is 2.60 bits per heavy atom. The zero-order chi connectivity index (χ0) is 18.7. The highest BCUT2D eigenvalue weighted by Gasteiger charge is 2.12. The standard InChI is InChI=1S/C16H24N4O4S/c1-3-4-5-8-18-16(25)20-19-15(22)11-6-7-12(13(9-11)23-2)24-10-14(17)21/h6-7,9H,3-5,8,10H2,1-2H3,(H2,17,21)(H,19,22)(H2,18,20,25). The topological polar surface area (TPSA) is 115 Å². The summed E-state index contributed by atoms with van der Waals surface area (Å²) < 4.78 is 10.4. The lowest BCUT2D eigenvalue weighted by molar-refractivity contribution is -0.119. The highest BCUT2D eigenvalue weighted by Crippen LogP contribution is 2.27. The second-order valence-electron chi connectivity index (χ2n) is 5.16. The van der Waals surface area contributed by atoms with Crippen molar-refractivity contribution in [2.45, 2.75) is 26.2 Å². The van der Waals surface area contributed by atoms with Gasteiger partial charge in [0.15, 0.2) is 23.2 Å². The molecule has 138 valence electrons. The lowest BCUT2D eigenvalue weighted by Crippen LogP contribution is -2.46. The van der Waals surface area contributed by atoms with E-state index in [-0.39, 0.29) is 6.61 Å². The predicted molar refractivity (Wildman–Crippen MR) is 98.4 cm³/mol. The first-order chi connectivity index (χ1) is 12.0. The Morgan fingerprint density at radius 1 is 1.20 bits per heavy atom. The number of nitrogens with two attached hydrogens (primary N) is 1. The monoisotopic (exact) mass is 368 g/mol. The van der Waals surface area contributed by atoms with Gasteiger partial charge in [-0.2, -0.15) is 0 Å². The summed E-state index contributed by atoms with van der Waals surface area (Å²) in [6, 6.07) is 4.55. The molecule has 8 nitrogen and oxygen atoms in total. The number of thiocarbonyl (C=S) groups is 1. The van der Waals surface area contributed by atoms with Gasteiger partial charge in [0, 0.05) is 12.1 Å². The van der Waals surface area contributed by atoms with E-state index in [9.17, 15) is 9.59 Å². The molecule has 5 N–H and O–H groups in total. The summed E-state index contributed by atoms with van der Waals surface area (Å²) in [5.41, 5.74) is 10.5. The van der Waals surface area contributed by atoms with Crippen LogP contribution in [0.4, 0.5) is 0 Å². The Labute approximate surface area is 152 Å². The number of benzene rings is 1. The number of hydrazine groups is 1. The van der Waals surface area contributed by atoms with Crippen LogP contribution in [0.2, 0.25) is 0 Å². The van der Waals surface area contributed by atoms with E-state index >= 15 is 0 Å². The van der Waals surface area contributed by atoms with Gasteiger partial charge in [0.05, 0.1) is 7.11 Å². The Kier molecular flexibility index (Phi) is 9.09. The van der Waals surface area contributed by atoms with Crippen LogP contribution >= 0.6 is 12.2 Å². The second-order valence-corrected chi connectivity index (χ2v) is 5.57. The van der Waals surface area contributed by atoms with Crippen molar-refractivity contribution in [2.75, 3.05) is 20.3 Å². The number of hydrogen-bond donors (Lipinski definition) is 4. The number of carbonyl (C=O) groups excluding carboxylic acids is 2. The smallest absolute Gasteiger partial charge is 0.269 e. The van der Waals surface area contributed by atoms with Gasteiger partial charge < -0.3 is 20.5 Å². The van der Waals surface area contributed by atoms with Crippen LogP contribution in [-0.2, 0) is 4.79 Å². The lowest BCUT2D eigenvalue weighted by Gasteiger charge is -2.13. The number of rotatable bonds is 9. The molecule has 0 aromatic heterocycles. The summed E-state index contributed by atoms with van der Waals surface area (Å²) in [4.78, 5) is 22.9. The molecule has 0 fully saturated rings. The first-order valence-electron chi connectivity index (χ1n) is 7.91. The number of ether oxygens (including phenoxy) is 2. The number of nitrogens with one attached hydrogen (secondary N) is 3. The molecule has 2 amide bonds. The summed E-state index contributed by atoms with van der Waals surface area (Å²) >= 11 is 5.07. The fourth-order valence-corrected chi connectivity index (χ4v) is 2.04. The maximum absolute atomic E-state index is 12.1. The molecule has 0 atom stereocenters. The number of carbonyl (C=O) groups is 2. The van der Waals surface area contributed by atoms with Crippen LogP contribution in [0.3, 0.4) is 0 Å².